The Labute approximate surface area is 313 Å². The van der Waals surface area contributed by atoms with Crippen molar-refractivity contribution >= 4 is 23.6 Å². The van der Waals surface area contributed by atoms with E-state index in [4.69, 9.17) is 23.7 Å². The molecule has 53 heavy (non-hydrogen) atoms. The number of hydrogen-bond acceptors (Lipinski definition) is 10. The number of fused-ring (bicyclic) bond motifs is 2. The molecule has 8 rings (SSSR count). The smallest absolute Gasteiger partial charge is 0.333 e. The summed E-state index contributed by atoms with van der Waals surface area (Å²) in [5.41, 5.74) is -0.689. The zero-order valence-electron chi connectivity index (χ0n) is 32.7. The van der Waals surface area contributed by atoms with Gasteiger partial charge in [0.1, 0.15) is 28.4 Å². The number of phenols is 1. The van der Waals surface area contributed by atoms with Crippen LogP contribution >= 0.6 is 0 Å². The number of phenolic OH excluding ortho intramolecular Hbond substituents is 1. The number of nitrogens with zero attached hydrogens (tertiary/aromatic N) is 1. The van der Waals surface area contributed by atoms with Crippen LogP contribution in [0.15, 0.2) is 41.0 Å². The zero-order chi connectivity index (χ0) is 38.2. The van der Waals surface area contributed by atoms with E-state index in [2.05, 4.69) is 30.9 Å². The summed E-state index contributed by atoms with van der Waals surface area (Å²) in [4.78, 5) is 45.7. The molecule has 7 atom stereocenters. The SMILES string of the molecule is COC(=O)C(C)=CC[C@@]12OC(C)(C)C3C[C@H](C1=O)C(N1CCOCC1)C1C(=O)c4c(O)c5c(c(CC=C(C)C)c4O[C@]132)OC(C)(CCC=C(C)C)C=C5. The van der Waals surface area contributed by atoms with Gasteiger partial charge in [-0.25, -0.2) is 4.79 Å². The molecule has 4 aliphatic heterocycles. The van der Waals surface area contributed by atoms with Gasteiger partial charge in [-0.05, 0) is 93.2 Å². The van der Waals surface area contributed by atoms with Gasteiger partial charge in [-0.1, -0.05) is 29.4 Å². The van der Waals surface area contributed by atoms with Crippen LogP contribution in [0.5, 0.6) is 17.2 Å². The van der Waals surface area contributed by atoms with Crippen LogP contribution in [0, 0.1) is 17.8 Å². The molecule has 3 aliphatic carbocycles. The van der Waals surface area contributed by atoms with Gasteiger partial charge in [0.25, 0.3) is 0 Å². The maximum Gasteiger partial charge on any atom is 0.333 e. The Kier molecular flexibility index (Phi) is 9.39. The maximum absolute atomic E-state index is 15.6. The summed E-state index contributed by atoms with van der Waals surface area (Å²) in [6, 6.07) is -0.485. The molecule has 5 fully saturated rings. The number of rotatable bonds is 9. The minimum Gasteiger partial charge on any atom is -0.506 e. The predicted molar refractivity (Wildman–Crippen MR) is 200 cm³/mol. The van der Waals surface area contributed by atoms with E-state index in [0.717, 1.165) is 12.0 Å². The molecule has 1 aromatic rings. The Morgan fingerprint density at radius 2 is 1.70 bits per heavy atom. The van der Waals surface area contributed by atoms with E-state index in [1.807, 2.05) is 46.8 Å². The summed E-state index contributed by atoms with van der Waals surface area (Å²) in [5, 5.41) is 12.2. The van der Waals surface area contributed by atoms with Crippen LogP contribution in [0.3, 0.4) is 0 Å². The molecule has 10 heteroatoms. The second kappa shape index (κ2) is 13.2. The summed E-state index contributed by atoms with van der Waals surface area (Å²) in [6.45, 7) is 17.9. The normalized spacial score (nSPS) is 33.6. The van der Waals surface area contributed by atoms with Crippen molar-refractivity contribution in [3.05, 3.63) is 57.7 Å². The lowest BCUT2D eigenvalue weighted by atomic mass is 9.44. The quantitative estimate of drug-likeness (QED) is 0.167. The van der Waals surface area contributed by atoms with Crippen molar-refractivity contribution < 1.29 is 43.2 Å². The highest BCUT2D eigenvalue weighted by atomic mass is 16.6. The van der Waals surface area contributed by atoms with Gasteiger partial charge in [-0.15, -0.1) is 0 Å². The van der Waals surface area contributed by atoms with Crippen molar-refractivity contribution in [1.82, 2.24) is 4.90 Å². The molecule has 0 aromatic heterocycles. The van der Waals surface area contributed by atoms with Crippen molar-refractivity contribution in [3.8, 4) is 17.2 Å². The van der Waals surface area contributed by atoms with Gasteiger partial charge in [0, 0.05) is 48.5 Å². The fourth-order valence-electron chi connectivity index (χ4n) is 10.3. The highest BCUT2D eigenvalue weighted by molar-refractivity contribution is 6.10. The Balaban J connectivity index is 1.48. The van der Waals surface area contributed by atoms with Gasteiger partial charge in [-0.3, -0.25) is 14.5 Å². The van der Waals surface area contributed by atoms with Crippen LogP contribution in [0.25, 0.3) is 6.08 Å². The second-order valence-corrected chi connectivity index (χ2v) is 17.1. The van der Waals surface area contributed by atoms with Crippen molar-refractivity contribution in [2.24, 2.45) is 17.8 Å². The number of ether oxygens (including phenoxy) is 5. The number of Topliss-reactive ketones (excluding diaryl/α,β-unsaturated/α-hetero) is 2. The fraction of sp³-hybridized carbons (Fsp3) is 0.605. The minimum absolute atomic E-state index is 0.0278. The zero-order valence-corrected chi connectivity index (χ0v) is 32.7. The topological polar surface area (TPSA) is 121 Å². The van der Waals surface area contributed by atoms with Gasteiger partial charge >= 0.3 is 5.97 Å². The minimum atomic E-state index is -1.58. The van der Waals surface area contributed by atoms with E-state index in [9.17, 15) is 9.90 Å². The molecule has 2 saturated heterocycles. The average molecular weight is 730 g/mol. The molecule has 1 N–H and O–H groups in total. The number of aromatic hydroxyl groups is 1. The van der Waals surface area contributed by atoms with Crippen molar-refractivity contribution in [3.63, 3.8) is 0 Å². The van der Waals surface area contributed by atoms with Gasteiger partial charge < -0.3 is 28.8 Å². The van der Waals surface area contributed by atoms with Crippen LogP contribution < -0.4 is 9.47 Å². The number of hydrogen-bond donors (Lipinski definition) is 1. The van der Waals surface area contributed by atoms with Gasteiger partial charge in [0.2, 0.25) is 0 Å². The number of allylic oxidation sites excluding steroid dienone is 4. The number of esters is 1. The molecule has 4 bridgehead atoms. The molecule has 0 amide bonds. The summed E-state index contributed by atoms with van der Waals surface area (Å²) in [7, 11) is 1.32. The molecule has 286 valence electrons. The van der Waals surface area contributed by atoms with Gasteiger partial charge in [0.05, 0.1) is 37.4 Å². The lowest BCUT2D eigenvalue weighted by molar-refractivity contribution is -0.216. The second-order valence-electron chi connectivity index (χ2n) is 17.1. The summed E-state index contributed by atoms with van der Waals surface area (Å²) in [5.74, 6) is -2.04. The number of carbonyl (C=O) groups excluding carboxylic acids is 3. The number of ketones is 2. The van der Waals surface area contributed by atoms with Crippen LogP contribution in [-0.2, 0) is 30.2 Å². The van der Waals surface area contributed by atoms with E-state index < -0.39 is 46.3 Å². The highest BCUT2D eigenvalue weighted by Gasteiger charge is 2.85. The van der Waals surface area contributed by atoms with Crippen molar-refractivity contribution in [1.29, 1.82) is 0 Å². The number of benzene rings is 1. The summed E-state index contributed by atoms with van der Waals surface area (Å²) >= 11 is 0. The lowest BCUT2D eigenvalue weighted by Crippen LogP contribution is -2.82. The Morgan fingerprint density at radius 1 is 1.00 bits per heavy atom. The maximum atomic E-state index is 15.6. The summed E-state index contributed by atoms with van der Waals surface area (Å²) in [6.07, 6.45) is 12.2. The number of carbonyl (C=O) groups is 3. The Bertz CT molecular complexity index is 1860. The van der Waals surface area contributed by atoms with E-state index in [1.165, 1.54) is 12.7 Å². The van der Waals surface area contributed by atoms with E-state index in [-0.39, 0.29) is 41.0 Å². The van der Waals surface area contributed by atoms with Crippen LogP contribution in [0.1, 0.15) is 103 Å². The molecule has 4 heterocycles. The molecule has 1 spiro atoms. The van der Waals surface area contributed by atoms with E-state index in [1.54, 1.807) is 13.0 Å². The first-order chi connectivity index (χ1) is 25.0. The first-order valence-corrected chi connectivity index (χ1v) is 19.1. The standard InChI is InChI=1S/C43H55NO9/c1-24(2)11-10-16-41(8)17-15-27-34(45)31-35(46)32-33(44-19-21-50-22-20-44)29-23-30-40(6,7)53-42(38(29)47,18-14-26(5)39(48)49-9)43(30,32)52-37(31)28(36(27)51-41)13-12-25(3)4/h11-12,14-15,17,29-30,32-33,45H,10,13,16,18-23H2,1-9H3/t29-,30?,32?,33?,41?,42+,43-/m0/s1. The first-order valence-electron chi connectivity index (χ1n) is 19.1. The molecule has 3 saturated carbocycles. The third-order valence-corrected chi connectivity index (χ3v) is 12.7. The van der Waals surface area contributed by atoms with Crippen molar-refractivity contribution in [2.45, 2.75) is 116 Å². The molecule has 1 aromatic carbocycles. The molecule has 0 radical (unpaired) electrons. The highest BCUT2D eigenvalue weighted by Crippen LogP contribution is 2.71. The molecule has 4 unspecified atom stereocenters. The monoisotopic (exact) mass is 729 g/mol. The molecular formula is C43H55NO9. The Morgan fingerprint density at radius 3 is 2.36 bits per heavy atom. The summed E-state index contributed by atoms with van der Waals surface area (Å²) < 4.78 is 32.2. The molecule has 7 aliphatic rings. The van der Waals surface area contributed by atoms with Gasteiger partial charge in [0.15, 0.2) is 22.8 Å². The lowest BCUT2D eigenvalue weighted by Gasteiger charge is -2.64. The van der Waals surface area contributed by atoms with Crippen LogP contribution in [-0.4, -0.2) is 89.4 Å². The third kappa shape index (κ3) is 5.65. The molecular weight excluding hydrogens is 674 g/mol. The van der Waals surface area contributed by atoms with Gasteiger partial charge in [-0.2, -0.15) is 0 Å². The Hall–Kier alpha value is -3.73. The van der Waals surface area contributed by atoms with Crippen LogP contribution in [0.4, 0.5) is 0 Å². The number of morpholine rings is 1. The van der Waals surface area contributed by atoms with Crippen LogP contribution in [0.2, 0.25) is 0 Å². The van der Waals surface area contributed by atoms with Crippen molar-refractivity contribution in [2.75, 3.05) is 33.4 Å². The third-order valence-electron chi connectivity index (χ3n) is 12.7. The average Bonchev–Trinajstić information content (AvgIpc) is 3.25. The largest absolute Gasteiger partial charge is 0.506 e. The fourth-order valence-corrected chi connectivity index (χ4v) is 10.3. The molecule has 10 nitrogen and oxygen atoms in total. The number of methoxy groups -OCH3 is 1. The first kappa shape index (κ1) is 37.6. The van der Waals surface area contributed by atoms with E-state index >= 15 is 9.59 Å². The van der Waals surface area contributed by atoms with E-state index in [0.29, 0.717) is 68.0 Å². The predicted octanol–water partition coefficient (Wildman–Crippen LogP) is 6.72.